The van der Waals surface area contributed by atoms with E-state index in [-0.39, 0.29) is 18.3 Å². The Balaban J connectivity index is 1.77. The molecule has 1 heterocycles. The van der Waals surface area contributed by atoms with Crippen LogP contribution in [0.5, 0.6) is 5.75 Å². The average Bonchev–Trinajstić information content (AvgIpc) is 2.78. The Morgan fingerprint density at radius 3 is 2.53 bits per heavy atom. The van der Waals surface area contributed by atoms with Crippen LogP contribution in [0.3, 0.4) is 0 Å². The first-order chi connectivity index (χ1) is 15.4. The van der Waals surface area contributed by atoms with Crippen LogP contribution in [0, 0.1) is 0 Å². The zero-order valence-electron chi connectivity index (χ0n) is 18.4. The number of methoxy groups -OCH3 is 1. The highest BCUT2D eigenvalue weighted by Crippen LogP contribution is 2.46. The summed E-state index contributed by atoms with van der Waals surface area (Å²) in [4.78, 5) is 26.4. The Morgan fingerprint density at radius 2 is 1.88 bits per heavy atom. The smallest absolute Gasteiger partial charge is 0.336 e. The highest BCUT2D eigenvalue weighted by Gasteiger charge is 2.41. The van der Waals surface area contributed by atoms with Crippen LogP contribution in [0.1, 0.15) is 49.7 Å². The molecule has 32 heavy (non-hydrogen) atoms. The number of nitrogens with one attached hydrogen (secondary N) is 1. The third-order valence-corrected chi connectivity index (χ3v) is 6.33. The molecule has 0 saturated carbocycles. The van der Waals surface area contributed by atoms with Crippen molar-refractivity contribution in [1.29, 1.82) is 0 Å². The predicted octanol–water partition coefficient (Wildman–Crippen LogP) is 5.27. The first kappa shape index (κ1) is 22.2. The molecule has 2 aromatic carbocycles. The van der Waals surface area contributed by atoms with Gasteiger partial charge >= 0.3 is 5.97 Å². The molecule has 0 amide bonds. The van der Waals surface area contributed by atoms with Gasteiger partial charge in [0, 0.05) is 34.3 Å². The molecule has 5 nitrogen and oxygen atoms in total. The lowest BCUT2D eigenvalue weighted by atomic mass is 9.72. The van der Waals surface area contributed by atoms with Crippen LogP contribution in [0.15, 0.2) is 71.1 Å². The second-order valence-corrected chi connectivity index (χ2v) is 8.50. The van der Waals surface area contributed by atoms with E-state index in [0.717, 1.165) is 22.6 Å². The van der Waals surface area contributed by atoms with Crippen molar-refractivity contribution in [1.82, 2.24) is 5.32 Å². The molecule has 1 N–H and O–H groups in total. The first-order valence-corrected chi connectivity index (χ1v) is 11.1. The van der Waals surface area contributed by atoms with E-state index in [1.165, 1.54) is 0 Å². The number of dihydropyridines is 1. The summed E-state index contributed by atoms with van der Waals surface area (Å²) < 4.78 is 10.6. The van der Waals surface area contributed by atoms with E-state index in [9.17, 15) is 9.59 Å². The zero-order valence-corrected chi connectivity index (χ0v) is 19.2. The minimum atomic E-state index is -0.506. The number of rotatable bonds is 5. The van der Waals surface area contributed by atoms with E-state index < -0.39 is 11.9 Å². The summed E-state index contributed by atoms with van der Waals surface area (Å²) >= 11 is 6.27. The van der Waals surface area contributed by atoms with Crippen molar-refractivity contribution in [2.75, 3.05) is 13.7 Å². The lowest BCUT2D eigenvalue weighted by molar-refractivity contribution is -0.138. The molecule has 2 aromatic rings. The number of halogens is 1. The van der Waals surface area contributed by atoms with Crippen molar-refractivity contribution in [3.05, 3.63) is 87.2 Å². The number of ketones is 1. The lowest BCUT2D eigenvalue weighted by Crippen LogP contribution is -2.36. The van der Waals surface area contributed by atoms with Gasteiger partial charge in [-0.2, -0.15) is 0 Å². The number of esters is 1. The molecule has 4 rings (SSSR count). The predicted molar refractivity (Wildman–Crippen MR) is 124 cm³/mol. The summed E-state index contributed by atoms with van der Waals surface area (Å²) in [6.45, 7) is 3.89. The van der Waals surface area contributed by atoms with Crippen LogP contribution >= 0.6 is 11.6 Å². The van der Waals surface area contributed by atoms with Crippen molar-refractivity contribution in [3.8, 4) is 5.75 Å². The number of hydrogen-bond acceptors (Lipinski definition) is 5. The highest BCUT2D eigenvalue weighted by molar-refractivity contribution is 6.30. The Labute approximate surface area is 193 Å². The van der Waals surface area contributed by atoms with E-state index in [2.05, 4.69) is 5.32 Å². The molecule has 1 aliphatic carbocycles. The second-order valence-electron chi connectivity index (χ2n) is 8.07. The van der Waals surface area contributed by atoms with Crippen molar-refractivity contribution in [2.24, 2.45) is 0 Å². The molecule has 0 unspecified atom stereocenters. The van der Waals surface area contributed by atoms with E-state index in [4.69, 9.17) is 21.1 Å². The molecule has 1 aliphatic heterocycles. The number of Topliss-reactive ketones (excluding diaryl/α,β-unsaturated/α-hetero) is 1. The SMILES string of the molecule is CCOC(=O)C1=C(C)NC2=C(C(=O)C[C@@H](c3ccc(OC)cc3)C2)[C@H]1c1cccc(Cl)c1. The molecule has 0 fully saturated rings. The van der Waals surface area contributed by atoms with Crippen LogP contribution in [0.2, 0.25) is 5.02 Å². The van der Waals surface area contributed by atoms with Crippen LogP contribution < -0.4 is 10.1 Å². The monoisotopic (exact) mass is 451 g/mol. The quantitative estimate of drug-likeness (QED) is 0.627. The summed E-state index contributed by atoms with van der Waals surface area (Å²) in [5, 5.41) is 3.91. The largest absolute Gasteiger partial charge is 0.497 e. The van der Waals surface area contributed by atoms with Crippen LogP contribution in [-0.2, 0) is 14.3 Å². The van der Waals surface area contributed by atoms with Gasteiger partial charge < -0.3 is 14.8 Å². The number of allylic oxidation sites excluding steroid dienone is 3. The first-order valence-electron chi connectivity index (χ1n) is 10.7. The fourth-order valence-corrected chi connectivity index (χ4v) is 4.85. The fourth-order valence-electron chi connectivity index (χ4n) is 4.65. The van der Waals surface area contributed by atoms with Gasteiger partial charge in [-0.3, -0.25) is 4.79 Å². The molecule has 0 saturated heterocycles. The number of carbonyl (C=O) groups is 2. The molecule has 6 heteroatoms. The van der Waals surface area contributed by atoms with Crippen LogP contribution in [0.25, 0.3) is 0 Å². The molecular weight excluding hydrogens is 426 g/mol. The van der Waals surface area contributed by atoms with E-state index in [1.54, 1.807) is 20.1 Å². The molecule has 166 valence electrons. The van der Waals surface area contributed by atoms with Gasteiger partial charge in [-0.1, -0.05) is 35.9 Å². The molecule has 2 atom stereocenters. The van der Waals surface area contributed by atoms with Gasteiger partial charge in [0.1, 0.15) is 5.75 Å². The van der Waals surface area contributed by atoms with Gasteiger partial charge in [0.15, 0.2) is 5.78 Å². The molecular formula is C26H26ClNO4. The van der Waals surface area contributed by atoms with Crippen molar-refractivity contribution in [2.45, 2.75) is 38.5 Å². The third kappa shape index (κ3) is 4.17. The number of hydrogen-bond donors (Lipinski definition) is 1. The summed E-state index contributed by atoms with van der Waals surface area (Å²) in [5.41, 5.74) is 4.55. The minimum absolute atomic E-state index is 0.0267. The summed E-state index contributed by atoms with van der Waals surface area (Å²) in [7, 11) is 1.63. The second kappa shape index (κ2) is 9.21. The third-order valence-electron chi connectivity index (χ3n) is 6.09. The Morgan fingerprint density at radius 1 is 1.12 bits per heavy atom. The maximum absolute atomic E-state index is 13.5. The topological polar surface area (TPSA) is 64.6 Å². The van der Waals surface area contributed by atoms with Gasteiger partial charge in [-0.05, 0) is 61.6 Å². The van der Waals surface area contributed by atoms with Gasteiger partial charge in [-0.25, -0.2) is 4.79 Å². The Kier molecular flexibility index (Phi) is 6.38. The van der Waals surface area contributed by atoms with Crippen LogP contribution in [0.4, 0.5) is 0 Å². The average molecular weight is 452 g/mol. The van der Waals surface area contributed by atoms with Crippen molar-refractivity contribution in [3.63, 3.8) is 0 Å². The van der Waals surface area contributed by atoms with Crippen LogP contribution in [-0.4, -0.2) is 25.5 Å². The van der Waals surface area contributed by atoms with Crippen molar-refractivity contribution >= 4 is 23.4 Å². The Hall–Kier alpha value is -3.05. The summed E-state index contributed by atoms with van der Waals surface area (Å²) in [5.74, 6) is -0.0617. The summed E-state index contributed by atoms with van der Waals surface area (Å²) in [6.07, 6.45) is 1.05. The standard InChI is InChI=1S/C26H26ClNO4/c1-4-32-26(30)23-15(2)28-21-13-18(16-8-10-20(31-3)11-9-16)14-22(29)25(21)24(23)17-6-5-7-19(27)12-17/h5-12,18,24,28H,4,13-14H2,1-3H3/t18-,24-/m0/s1. The molecule has 2 aliphatic rings. The molecule has 0 aromatic heterocycles. The van der Waals surface area contributed by atoms with E-state index in [1.807, 2.05) is 49.4 Å². The maximum Gasteiger partial charge on any atom is 0.336 e. The fraction of sp³-hybridized carbons (Fsp3) is 0.308. The zero-order chi connectivity index (χ0) is 22.8. The van der Waals surface area contributed by atoms with Crippen molar-refractivity contribution < 1.29 is 19.1 Å². The van der Waals surface area contributed by atoms with Gasteiger partial charge in [-0.15, -0.1) is 0 Å². The van der Waals surface area contributed by atoms with Gasteiger partial charge in [0.2, 0.25) is 0 Å². The van der Waals surface area contributed by atoms with E-state index in [0.29, 0.717) is 34.7 Å². The van der Waals surface area contributed by atoms with Gasteiger partial charge in [0.05, 0.1) is 19.3 Å². The summed E-state index contributed by atoms with van der Waals surface area (Å²) in [6, 6.07) is 15.2. The highest BCUT2D eigenvalue weighted by atomic mass is 35.5. The Bertz CT molecular complexity index is 1120. The minimum Gasteiger partial charge on any atom is -0.497 e. The normalized spacial score (nSPS) is 20.6. The van der Waals surface area contributed by atoms with Gasteiger partial charge in [0.25, 0.3) is 0 Å². The molecule has 0 spiro atoms. The number of ether oxygens (including phenoxy) is 2. The molecule has 0 radical (unpaired) electrons. The molecule has 0 bridgehead atoms. The number of carbonyl (C=O) groups excluding carboxylic acids is 2. The van der Waals surface area contributed by atoms with E-state index >= 15 is 0 Å². The number of benzene rings is 2. The lowest BCUT2D eigenvalue weighted by Gasteiger charge is -2.36. The maximum atomic E-state index is 13.5.